The summed E-state index contributed by atoms with van der Waals surface area (Å²) in [7, 11) is 0. The Morgan fingerprint density at radius 1 is 1.14 bits per heavy atom. The highest BCUT2D eigenvalue weighted by Crippen LogP contribution is 2.34. The summed E-state index contributed by atoms with van der Waals surface area (Å²) in [6, 6.07) is 7.82. The van der Waals surface area contributed by atoms with Gasteiger partial charge in [0.2, 0.25) is 0 Å². The molecule has 0 aliphatic heterocycles. The van der Waals surface area contributed by atoms with Crippen molar-refractivity contribution >= 4 is 6.09 Å². The summed E-state index contributed by atoms with van der Waals surface area (Å²) in [5, 5.41) is 22.8. The molecule has 1 aliphatic rings. The number of carbonyl (C=O) groups is 1. The summed E-state index contributed by atoms with van der Waals surface area (Å²) in [6.45, 7) is 2.93. The molecule has 0 bridgehead atoms. The number of benzene rings is 1. The van der Waals surface area contributed by atoms with Crippen LogP contribution in [-0.2, 0) is 11.3 Å². The highest BCUT2D eigenvalue weighted by molar-refractivity contribution is 5.67. The smallest absolute Gasteiger partial charge is 0.407 e. The minimum atomic E-state index is -3.75. The average molecular weight is 414 g/mol. The van der Waals surface area contributed by atoms with Crippen molar-refractivity contribution < 1.29 is 28.5 Å². The molecule has 1 fully saturated rings. The summed E-state index contributed by atoms with van der Waals surface area (Å²) in [5.74, 6) is -4.34. The first-order valence-electron chi connectivity index (χ1n) is 10.4. The molecular weight excluding hydrogens is 380 g/mol. The number of carbonyl (C=O) groups excluding carboxylic acids is 1. The van der Waals surface area contributed by atoms with Crippen molar-refractivity contribution in [3.63, 3.8) is 0 Å². The van der Waals surface area contributed by atoms with E-state index in [0.29, 0.717) is 0 Å². The molecule has 29 heavy (non-hydrogen) atoms. The molecule has 7 heteroatoms. The van der Waals surface area contributed by atoms with Crippen molar-refractivity contribution in [2.45, 2.75) is 83.2 Å². The quantitative estimate of drug-likeness (QED) is 0.565. The van der Waals surface area contributed by atoms with Gasteiger partial charge in [0, 0.05) is 0 Å². The van der Waals surface area contributed by atoms with E-state index < -0.39 is 36.2 Å². The number of amides is 1. The van der Waals surface area contributed by atoms with Crippen LogP contribution in [0.15, 0.2) is 30.3 Å². The Bertz CT molecular complexity index is 620. The highest BCUT2D eigenvalue weighted by Gasteiger charge is 2.51. The van der Waals surface area contributed by atoms with Crippen LogP contribution in [0.4, 0.5) is 13.6 Å². The molecule has 0 spiro atoms. The number of aliphatic hydroxyl groups is 2. The van der Waals surface area contributed by atoms with E-state index in [-0.39, 0.29) is 18.9 Å². The second-order valence-electron chi connectivity index (χ2n) is 8.36. The molecule has 0 saturated heterocycles. The number of halogens is 2. The molecule has 0 aromatic heterocycles. The molecule has 1 aromatic rings. The molecule has 1 aliphatic carbocycles. The van der Waals surface area contributed by atoms with Gasteiger partial charge in [-0.15, -0.1) is 0 Å². The van der Waals surface area contributed by atoms with E-state index in [1.165, 1.54) is 13.8 Å². The zero-order chi connectivity index (χ0) is 21.4. The summed E-state index contributed by atoms with van der Waals surface area (Å²) in [4.78, 5) is 12.3. The average Bonchev–Trinajstić information content (AvgIpc) is 2.72. The van der Waals surface area contributed by atoms with Gasteiger partial charge in [0.15, 0.2) is 0 Å². The summed E-state index contributed by atoms with van der Waals surface area (Å²) in [6.07, 6.45) is 0.0435. The van der Waals surface area contributed by atoms with Crippen LogP contribution in [0.2, 0.25) is 0 Å². The van der Waals surface area contributed by atoms with Crippen LogP contribution in [0.1, 0.15) is 57.9 Å². The summed E-state index contributed by atoms with van der Waals surface area (Å²) in [5.41, 5.74) is 0.771. The predicted molar refractivity (Wildman–Crippen MR) is 107 cm³/mol. The number of nitrogens with one attached hydrogen (secondary N) is 1. The van der Waals surface area contributed by atoms with E-state index >= 15 is 0 Å². The lowest BCUT2D eigenvalue weighted by molar-refractivity contribution is -0.197. The fraction of sp³-hybridized carbons (Fsp3) is 0.682. The van der Waals surface area contributed by atoms with Crippen LogP contribution in [0.3, 0.4) is 0 Å². The third kappa shape index (κ3) is 6.93. The van der Waals surface area contributed by atoms with Gasteiger partial charge >= 0.3 is 12.0 Å². The second-order valence-corrected chi connectivity index (χ2v) is 8.36. The first-order valence-corrected chi connectivity index (χ1v) is 10.4. The van der Waals surface area contributed by atoms with Gasteiger partial charge in [-0.3, -0.25) is 0 Å². The van der Waals surface area contributed by atoms with E-state index in [9.17, 15) is 23.8 Å². The number of hydrogen-bond donors (Lipinski definition) is 3. The molecule has 164 valence electrons. The fourth-order valence-electron chi connectivity index (χ4n) is 3.85. The molecule has 3 atom stereocenters. The molecular formula is C22H33F2NO4. The molecule has 0 radical (unpaired) electrons. The van der Waals surface area contributed by atoms with E-state index in [4.69, 9.17) is 4.74 Å². The van der Waals surface area contributed by atoms with Crippen LogP contribution >= 0.6 is 0 Å². The summed E-state index contributed by atoms with van der Waals surface area (Å²) < 4.78 is 34.5. The van der Waals surface area contributed by atoms with Crippen molar-refractivity contribution in [2.75, 3.05) is 0 Å². The molecule has 5 nitrogen and oxygen atoms in total. The van der Waals surface area contributed by atoms with Gasteiger partial charge in [-0.25, -0.2) is 13.6 Å². The zero-order valence-electron chi connectivity index (χ0n) is 17.2. The minimum Gasteiger partial charge on any atom is -0.445 e. The van der Waals surface area contributed by atoms with Crippen molar-refractivity contribution in [3.8, 4) is 0 Å². The van der Waals surface area contributed by atoms with E-state index in [2.05, 4.69) is 5.32 Å². The van der Waals surface area contributed by atoms with Gasteiger partial charge in [-0.05, 0) is 23.8 Å². The normalized spacial score (nSPS) is 18.9. The Kier molecular flexibility index (Phi) is 8.83. The third-order valence-electron chi connectivity index (χ3n) is 5.63. The lowest BCUT2D eigenvalue weighted by Gasteiger charge is -2.36. The molecule has 2 rings (SSSR count). The molecule has 1 aromatic carbocycles. The Labute approximate surface area is 171 Å². The Morgan fingerprint density at radius 2 is 1.76 bits per heavy atom. The van der Waals surface area contributed by atoms with Gasteiger partial charge in [0.1, 0.15) is 18.8 Å². The number of aliphatic hydroxyl groups excluding tert-OH is 2. The Morgan fingerprint density at radius 3 is 2.34 bits per heavy atom. The van der Waals surface area contributed by atoms with Gasteiger partial charge in [0.25, 0.3) is 0 Å². The maximum absolute atomic E-state index is 14.7. The topological polar surface area (TPSA) is 78.8 Å². The Hall–Kier alpha value is -1.73. The molecule has 3 N–H and O–H groups in total. The fourth-order valence-corrected chi connectivity index (χ4v) is 3.85. The van der Waals surface area contributed by atoms with Gasteiger partial charge in [-0.2, -0.15) is 0 Å². The Balaban J connectivity index is 2.05. The van der Waals surface area contributed by atoms with Crippen LogP contribution < -0.4 is 5.32 Å². The summed E-state index contributed by atoms with van der Waals surface area (Å²) >= 11 is 0. The first-order chi connectivity index (χ1) is 13.7. The number of alkyl halides is 2. The van der Waals surface area contributed by atoms with Crippen LogP contribution in [0.5, 0.6) is 0 Å². The van der Waals surface area contributed by atoms with Gasteiger partial charge < -0.3 is 20.3 Å². The lowest BCUT2D eigenvalue weighted by atomic mass is 9.82. The maximum atomic E-state index is 14.7. The number of rotatable bonds is 9. The van der Waals surface area contributed by atoms with E-state index in [0.717, 1.165) is 37.7 Å². The number of ether oxygens (including phenoxy) is 1. The van der Waals surface area contributed by atoms with E-state index in [1.807, 2.05) is 6.07 Å². The van der Waals surface area contributed by atoms with Crippen LogP contribution in [-0.4, -0.2) is 40.5 Å². The first kappa shape index (κ1) is 23.5. The van der Waals surface area contributed by atoms with Gasteiger partial charge in [-0.1, -0.05) is 76.3 Å². The SMILES string of the molecule is CC(C)[C@H](O)C(F)(F)[C@H](O)[C@H](CC1CCCCC1)NC(=O)OCc1ccccc1. The zero-order valence-corrected chi connectivity index (χ0v) is 17.2. The van der Waals surface area contributed by atoms with Crippen molar-refractivity contribution in [3.05, 3.63) is 35.9 Å². The second kappa shape index (κ2) is 10.9. The molecule has 0 heterocycles. The van der Waals surface area contributed by atoms with Crippen molar-refractivity contribution in [2.24, 2.45) is 11.8 Å². The molecule has 0 unspecified atom stereocenters. The molecule has 1 saturated carbocycles. The predicted octanol–water partition coefficient (Wildman–Crippen LogP) is 4.26. The molecule has 1 amide bonds. The third-order valence-corrected chi connectivity index (χ3v) is 5.63. The monoisotopic (exact) mass is 413 g/mol. The van der Waals surface area contributed by atoms with Crippen LogP contribution in [0, 0.1) is 11.8 Å². The highest BCUT2D eigenvalue weighted by atomic mass is 19.3. The van der Waals surface area contributed by atoms with E-state index in [1.54, 1.807) is 24.3 Å². The van der Waals surface area contributed by atoms with Crippen molar-refractivity contribution in [1.29, 1.82) is 0 Å². The minimum absolute atomic E-state index is 0.00390. The number of alkyl carbamates (subject to hydrolysis) is 1. The van der Waals surface area contributed by atoms with Crippen LogP contribution in [0.25, 0.3) is 0 Å². The standard InChI is InChI=1S/C22H33F2NO4/c1-15(2)19(26)22(23,24)20(27)18(13-16-9-5-3-6-10-16)25-21(28)29-14-17-11-7-4-8-12-17/h4,7-8,11-12,15-16,18-20,26-27H,3,5-6,9-10,13-14H2,1-2H3,(H,25,28)/t18-,19-,20+/m0/s1. The maximum Gasteiger partial charge on any atom is 0.407 e. The largest absolute Gasteiger partial charge is 0.445 e. The van der Waals surface area contributed by atoms with Crippen molar-refractivity contribution in [1.82, 2.24) is 5.32 Å². The lowest BCUT2D eigenvalue weighted by Crippen LogP contribution is -2.57. The number of hydrogen-bond acceptors (Lipinski definition) is 4. The van der Waals surface area contributed by atoms with Gasteiger partial charge in [0.05, 0.1) is 6.04 Å².